The molecule has 0 N–H and O–H groups in total. The third-order valence-corrected chi connectivity index (χ3v) is 3.64. The van der Waals surface area contributed by atoms with Crippen LogP contribution in [0.3, 0.4) is 0 Å². The van der Waals surface area contributed by atoms with Crippen LogP contribution >= 0.6 is 9.24 Å². The Morgan fingerprint density at radius 2 is 2.38 bits per heavy atom. The van der Waals surface area contributed by atoms with E-state index in [1.807, 2.05) is 12.3 Å². The molecule has 2 unspecified atom stereocenters. The lowest BCUT2D eigenvalue weighted by Crippen LogP contribution is -2.25. The summed E-state index contributed by atoms with van der Waals surface area (Å²) in [5.74, 6) is 0.962. The van der Waals surface area contributed by atoms with Crippen molar-refractivity contribution >= 4 is 15.1 Å². The fraction of sp³-hybridized carbons (Fsp3) is 0.583. The van der Waals surface area contributed by atoms with Gasteiger partial charge in [0.2, 0.25) is 0 Å². The number of halogens is 1. The van der Waals surface area contributed by atoms with Gasteiger partial charge in [-0.25, -0.2) is 9.37 Å². The standard InChI is InChI=1S/C12H18FN2P/c1-3-10-9(2)4-6-14-11(10)15-7-5-12(13,16)8-15/h4,6H,3,5,7-8,16H2,1-2H3. The van der Waals surface area contributed by atoms with E-state index in [1.54, 1.807) is 0 Å². The van der Waals surface area contributed by atoms with Gasteiger partial charge in [0, 0.05) is 19.2 Å². The second-order valence-electron chi connectivity index (χ2n) is 4.49. The number of aromatic nitrogens is 1. The maximum Gasteiger partial charge on any atom is 0.142 e. The highest BCUT2D eigenvalue weighted by molar-refractivity contribution is 7.18. The second kappa shape index (κ2) is 4.29. The van der Waals surface area contributed by atoms with Gasteiger partial charge in [-0.15, -0.1) is 0 Å². The zero-order valence-corrected chi connectivity index (χ0v) is 11.0. The Morgan fingerprint density at radius 1 is 1.62 bits per heavy atom. The van der Waals surface area contributed by atoms with Crippen LogP contribution in [0, 0.1) is 6.92 Å². The molecular formula is C12H18FN2P. The molecule has 1 aromatic rings. The molecule has 2 rings (SSSR count). The monoisotopic (exact) mass is 240 g/mol. The second-order valence-corrected chi connectivity index (χ2v) is 5.52. The van der Waals surface area contributed by atoms with E-state index < -0.39 is 5.41 Å². The summed E-state index contributed by atoms with van der Waals surface area (Å²) >= 11 is 0. The molecule has 2 heterocycles. The number of rotatable bonds is 2. The molecule has 1 fully saturated rings. The molecule has 0 aromatic carbocycles. The third-order valence-electron chi connectivity index (χ3n) is 3.17. The van der Waals surface area contributed by atoms with E-state index in [4.69, 9.17) is 0 Å². The van der Waals surface area contributed by atoms with Crippen LogP contribution in [-0.4, -0.2) is 23.5 Å². The molecule has 88 valence electrons. The first-order chi connectivity index (χ1) is 7.53. The fourth-order valence-corrected chi connectivity index (χ4v) is 2.61. The quantitative estimate of drug-likeness (QED) is 0.739. The molecule has 1 aromatic heterocycles. The first-order valence-corrected chi connectivity index (χ1v) is 6.28. The van der Waals surface area contributed by atoms with Crippen molar-refractivity contribution < 1.29 is 4.39 Å². The van der Waals surface area contributed by atoms with E-state index in [1.165, 1.54) is 11.1 Å². The highest BCUT2D eigenvalue weighted by Crippen LogP contribution is 2.35. The van der Waals surface area contributed by atoms with E-state index in [2.05, 4.69) is 33.0 Å². The lowest BCUT2D eigenvalue weighted by molar-refractivity contribution is 0.318. The summed E-state index contributed by atoms with van der Waals surface area (Å²) in [6.07, 6.45) is 3.32. The summed E-state index contributed by atoms with van der Waals surface area (Å²) < 4.78 is 13.8. The van der Waals surface area contributed by atoms with Crippen LogP contribution in [0.1, 0.15) is 24.5 Å². The van der Waals surface area contributed by atoms with Crippen LogP contribution in [-0.2, 0) is 6.42 Å². The molecule has 0 spiro atoms. The molecule has 2 nitrogen and oxygen atoms in total. The average Bonchev–Trinajstić information content (AvgIpc) is 2.58. The molecule has 1 aliphatic heterocycles. The van der Waals surface area contributed by atoms with E-state index in [0.29, 0.717) is 13.0 Å². The minimum Gasteiger partial charge on any atom is -0.353 e. The minimum absolute atomic E-state index is 0.432. The third kappa shape index (κ3) is 2.20. The zero-order chi connectivity index (χ0) is 11.8. The predicted molar refractivity (Wildman–Crippen MR) is 68.7 cm³/mol. The average molecular weight is 240 g/mol. The lowest BCUT2D eigenvalue weighted by atomic mass is 10.1. The molecule has 0 saturated carbocycles. The summed E-state index contributed by atoms with van der Waals surface area (Å²) in [5.41, 5.74) is 2.48. The number of hydrogen-bond acceptors (Lipinski definition) is 2. The van der Waals surface area contributed by atoms with E-state index >= 15 is 0 Å². The summed E-state index contributed by atoms with van der Waals surface area (Å²) in [4.78, 5) is 6.46. The number of aryl methyl sites for hydroxylation is 1. The van der Waals surface area contributed by atoms with Gasteiger partial charge in [0.25, 0.3) is 0 Å². The first-order valence-electron chi connectivity index (χ1n) is 5.71. The Kier molecular flexibility index (Phi) is 3.16. The summed E-state index contributed by atoms with van der Waals surface area (Å²) in [5, 5.41) is -1.14. The van der Waals surface area contributed by atoms with Crippen LogP contribution < -0.4 is 4.90 Å². The number of hydrogen-bond donors (Lipinski definition) is 0. The SMILES string of the molecule is CCc1c(C)ccnc1N1CCC(F)(P)C1. The van der Waals surface area contributed by atoms with Crippen molar-refractivity contribution in [3.8, 4) is 0 Å². The van der Waals surface area contributed by atoms with Crippen LogP contribution in [0.5, 0.6) is 0 Å². The maximum absolute atomic E-state index is 13.8. The van der Waals surface area contributed by atoms with Gasteiger partial charge in [-0.3, -0.25) is 0 Å². The minimum atomic E-state index is -1.14. The van der Waals surface area contributed by atoms with E-state index in [-0.39, 0.29) is 0 Å². The molecule has 0 amide bonds. The van der Waals surface area contributed by atoms with E-state index in [0.717, 1.165) is 18.8 Å². The Morgan fingerprint density at radius 3 is 2.94 bits per heavy atom. The molecule has 0 aliphatic carbocycles. The van der Waals surface area contributed by atoms with Gasteiger partial charge in [-0.05, 0) is 30.5 Å². The fourth-order valence-electron chi connectivity index (χ4n) is 2.26. The number of nitrogens with zero attached hydrogens (tertiary/aromatic N) is 2. The topological polar surface area (TPSA) is 16.1 Å². The normalized spacial score (nSPS) is 25.1. The van der Waals surface area contributed by atoms with Crippen molar-refractivity contribution in [2.75, 3.05) is 18.0 Å². The van der Waals surface area contributed by atoms with Crippen molar-refractivity contribution in [1.82, 2.24) is 4.98 Å². The molecule has 16 heavy (non-hydrogen) atoms. The van der Waals surface area contributed by atoms with Gasteiger partial charge in [-0.2, -0.15) is 0 Å². The maximum atomic E-state index is 13.8. The van der Waals surface area contributed by atoms with Gasteiger partial charge in [0.15, 0.2) is 0 Å². The smallest absolute Gasteiger partial charge is 0.142 e. The van der Waals surface area contributed by atoms with Crippen molar-refractivity contribution in [1.29, 1.82) is 0 Å². The van der Waals surface area contributed by atoms with Crippen molar-refractivity contribution in [3.63, 3.8) is 0 Å². The Balaban J connectivity index is 2.31. The lowest BCUT2D eigenvalue weighted by Gasteiger charge is -2.22. The predicted octanol–water partition coefficient (Wildman–Crippen LogP) is 2.70. The van der Waals surface area contributed by atoms with Gasteiger partial charge in [-0.1, -0.05) is 16.2 Å². The van der Waals surface area contributed by atoms with Gasteiger partial charge >= 0.3 is 0 Å². The molecule has 4 heteroatoms. The largest absolute Gasteiger partial charge is 0.353 e. The van der Waals surface area contributed by atoms with Gasteiger partial charge < -0.3 is 4.90 Å². The molecule has 2 atom stereocenters. The first kappa shape index (κ1) is 11.8. The molecule has 1 saturated heterocycles. The number of pyridine rings is 1. The summed E-state index contributed by atoms with van der Waals surface area (Å²) in [7, 11) is 2.31. The van der Waals surface area contributed by atoms with Gasteiger partial charge in [0.05, 0.1) is 6.54 Å². The van der Waals surface area contributed by atoms with E-state index in [9.17, 15) is 4.39 Å². The Hall–Kier alpha value is -0.690. The summed E-state index contributed by atoms with van der Waals surface area (Å²) in [6, 6.07) is 2.02. The van der Waals surface area contributed by atoms with Crippen molar-refractivity contribution in [2.24, 2.45) is 0 Å². The van der Waals surface area contributed by atoms with Crippen molar-refractivity contribution in [3.05, 3.63) is 23.4 Å². The van der Waals surface area contributed by atoms with Crippen LogP contribution in [0.4, 0.5) is 10.2 Å². The Bertz CT molecular complexity index is 393. The zero-order valence-electron chi connectivity index (χ0n) is 9.83. The molecule has 0 radical (unpaired) electrons. The van der Waals surface area contributed by atoms with Crippen LogP contribution in [0.2, 0.25) is 0 Å². The number of alkyl halides is 1. The van der Waals surface area contributed by atoms with Gasteiger partial charge in [0.1, 0.15) is 11.2 Å². The highest BCUT2D eigenvalue weighted by atomic mass is 31.0. The molecular weight excluding hydrogens is 222 g/mol. The van der Waals surface area contributed by atoms with Crippen LogP contribution in [0.15, 0.2) is 12.3 Å². The highest BCUT2D eigenvalue weighted by Gasteiger charge is 2.35. The number of anilines is 1. The molecule has 0 bridgehead atoms. The van der Waals surface area contributed by atoms with Crippen LogP contribution in [0.25, 0.3) is 0 Å². The summed E-state index contributed by atoms with van der Waals surface area (Å²) in [6.45, 7) is 5.39. The molecule has 1 aliphatic rings. The van der Waals surface area contributed by atoms with Crippen molar-refractivity contribution in [2.45, 2.75) is 32.1 Å². The Labute approximate surface area is 98.5 Å².